The number of amides is 1. The summed E-state index contributed by atoms with van der Waals surface area (Å²) >= 11 is 0. The fourth-order valence-corrected chi connectivity index (χ4v) is 3.28. The summed E-state index contributed by atoms with van der Waals surface area (Å²) < 4.78 is 16.9. The second-order valence-corrected chi connectivity index (χ2v) is 7.34. The lowest BCUT2D eigenvalue weighted by molar-refractivity contribution is 0.0342. The highest BCUT2D eigenvalue weighted by Crippen LogP contribution is 2.29. The molecular weight excluding hydrogens is 380 g/mol. The van der Waals surface area contributed by atoms with Crippen LogP contribution in [0.2, 0.25) is 0 Å². The molecule has 162 valence electrons. The van der Waals surface area contributed by atoms with E-state index in [9.17, 15) is 4.79 Å². The summed E-state index contributed by atoms with van der Waals surface area (Å²) in [5.41, 5.74) is 2.53. The maximum atomic E-state index is 12.7. The molecule has 0 aliphatic carbocycles. The number of carbonyl (C=O) groups is 1. The molecule has 1 fully saturated rings. The van der Waals surface area contributed by atoms with Crippen LogP contribution in [-0.4, -0.2) is 50.3 Å². The van der Waals surface area contributed by atoms with E-state index in [1.807, 2.05) is 19.1 Å². The lowest BCUT2D eigenvalue weighted by Crippen LogP contribution is -2.35. The Balaban J connectivity index is 1.60. The number of ether oxygens (including phenoxy) is 3. The number of hydrogen-bond acceptors (Lipinski definition) is 5. The highest BCUT2D eigenvalue weighted by Gasteiger charge is 2.13. The van der Waals surface area contributed by atoms with Crippen LogP contribution in [-0.2, 0) is 11.3 Å². The second kappa shape index (κ2) is 11.6. The topological polar surface area (TPSA) is 60.0 Å². The van der Waals surface area contributed by atoms with Gasteiger partial charge in [0.2, 0.25) is 0 Å². The van der Waals surface area contributed by atoms with Crippen molar-refractivity contribution in [2.45, 2.75) is 33.2 Å². The monoisotopic (exact) mass is 412 g/mol. The van der Waals surface area contributed by atoms with Gasteiger partial charge in [-0.15, -0.1) is 0 Å². The molecule has 1 saturated heterocycles. The maximum absolute atomic E-state index is 12.7. The Hall–Kier alpha value is -2.57. The SMILES string of the molecule is CCCCOc1ccc(C(=O)Nc2ccc(CN3CCOCC3)cc2)cc1OCC. The molecule has 1 amide bonds. The highest BCUT2D eigenvalue weighted by molar-refractivity contribution is 6.04. The molecule has 6 heteroatoms. The molecule has 2 aromatic carbocycles. The van der Waals surface area contributed by atoms with Crippen LogP contribution in [0.1, 0.15) is 42.6 Å². The minimum Gasteiger partial charge on any atom is -0.490 e. The van der Waals surface area contributed by atoms with Crippen molar-refractivity contribution in [3.05, 3.63) is 53.6 Å². The zero-order chi connectivity index (χ0) is 21.2. The van der Waals surface area contributed by atoms with E-state index in [2.05, 4.69) is 29.3 Å². The summed E-state index contributed by atoms with van der Waals surface area (Å²) in [4.78, 5) is 15.1. The van der Waals surface area contributed by atoms with Crippen molar-refractivity contribution < 1.29 is 19.0 Å². The van der Waals surface area contributed by atoms with Crippen molar-refractivity contribution in [3.8, 4) is 11.5 Å². The van der Waals surface area contributed by atoms with Gasteiger partial charge in [-0.1, -0.05) is 25.5 Å². The molecule has 6 nitrogen and oxygen atoms in total. The molecule has 0 spiro atoms. The van der Waals surface area contributed by atoms with Crippen LogP contribution in [0.4, 0.5) is 5.69 Å². The Labute approximate surface area is 179 Å². The standard InChI is InChI=1S/C24H32N2O4/c1-3-5-14-30-22-11-8-20(17-23(22)29-4-2)24(27)25-21-9-6-19(7-10-21)18-26-12-15-28-16-13-26/h6-11,17H,3-5,12-16,18H2,1-2H3,(H,25,27). The van der Waals surface area contributed by atoms with Gasteiger partial charge in [0.15, 0.2) is 11.5 Å². The fourth-order valence-electron chi connectivity index (χ4n) is 3.28. The molecular formula is C24H32N2O4. The predicted molar refractivity (Wildman–Crippen MR) is 119 cm³/mol. The van der Waals surface area contributed by atoms with Gasteiger partial charge >= 0.3 is 0 Å². The Morgan fingerprint density at radius 2 is 1.80 bits per heavy atom. The normalized spacial score (nSPS) is 14.3. The summed E-state index contributed by atoms with van der Waals surface area (Å²) in [7, 11) is 0. The Bertz CT molecular complexity index is 801. The average Bonchev–Trinajstić information content (AvgIpc) is 2.77. The number of nitrogens with one attached hydrogen (secondary N) is 1. The summed E-state index contributed by atoms with van der Waals surface area (Å²) in [5.74, 6) is 1.11. The lowest BCUT2D eigenvalue weighted by atomic mass is 10.1. The van der Waals surface area contributed by atoms with E-state index in [1.54, 1.807) is 18.2 Å². The van der Waals surface area contributed by atoms with E-state index < -0.39 is 0 Å². The van der Waals surface area contributed by atoms with Crippen molar-refractivity contribution in [1.82, 2.24) is 4.90 Å². The third-order valence-corrected chi connectivity index (χ3v) is 4.98. The fraction of sp³-hybridized carbons (Fsp3) is 0.458. The third-order valence-electron chi connectivity index (χ3n) is 4.98. The van der Waals surface area contributed by atoms with Gasteiger partial charge in [0.05, 0.1) is 26.4 Å². The van der Waals surface area contributed by atoms with Gasteiger partial charge in [-0.2, -0.15) is 0 Å². The first-order chi connectivity index (χ1) is 14.7. The minimum atomic E-state index is -0.169. The zero-order valence-electron chi connectivity index (χ0n) is 18.0. The van der Waals surface area contributed by atoms with Crippen LogP contribution in [0.3, 0.4) is 0 Å². The Morgan fingerprint density at radius 3 is 2.50 bits per heavy atom. The molecule has 1 heterocycles. The molecule has 0 aromatic heterocycles. The third kappa shape index (κ3) is 6.47. The first-order valence-electron chi connectivity index (χ1n) is 10.8. The molecule has 0 bridgehead atoms. The van der Waals surface area contributed by atoms with Crippen LogP contribution in [0, 0.1) is 0 Å². The molecule has 1 aliphatic rings. The smallest absolute Gasteiger partial charge is 0.255 e. The van der Waals surface area contributed by atoms with Crippen molar-refractivity contribution in [2.24, 2.45) is 0 Å². The number of morpholine rings is 1. The lowest BCUT2D eigenvalue weighted by Gasteiger charge is -2.26. The van der Waals surface area contributed by atoms with Crippen molar-refractivity contribution in [1.29, 1.82) is 0 Å². The molecule has 30 heavy (non-hydrogen) atoms. The average molecular weight is 413 g/mol. The van der Waals surface area contributed by atoms with Gasteiger partial charge in [-0.05, 0) is 49.2 Å². The van der Waals surface area contributed by atoms with Crippen LogP contribution >= 0.6 is 0 Å². The first-order valence-corrected chi connectivity index (χ1v) is 10.8. The van der Waals surface area contributed by atoms with E-state index in [0.29, 0.717) is 30.3 Å². The quantitative estimate of drug-likeness (QED) is 0.588. The number of benzene rings is 2. The molecule has 1 aliphatic heterocycles. The van der Waals surface area contributed by atoms with E-state index in [4.69, 9.17) is 14.2 Å². The Morgan fingerprint density at radius 1 is 1.03 bits per heavy atom. The van der Waals surface area contributed by atoms with E-state index in [-0.39, 0.29) is 5.91 Å². The number of nitrogens with zero attached hydrogens (tertiary/aromatic N) is 1. The number of carbonyl (C=O) groups excluding carboxylic acids is 1. The van der Waals surface area contributed by atoms with Crippen LogP contribution in [0.15, 0.2) is 42.5 Å². The summed E-state index contributed by atoms with van der Waals surface area (Å²) in [6.45, 7) is 9.59. The summed E-state index contributed by atoms with van der Waals surface area (Å²) in [6.07, 6.45) is 2.05. The summed E-state index contributed by atoms with van der Waals surface area (Å²) in [6, 6.07) is 13.3. The second-order valence-electron chi connectivity index (χ2n) is 7.34. The number of rotatable bonds is 10. The molecule has 0 atom stereocenters. The van der Waals surface area contributed by atoms with Crippen molar-refractivity contribution in [2.75, 3.05) is 44.8 Å². The predicted octanol–water partition coefficient (Wildman–Crippen LogP) is 4.35. The van der Waals surface area contributed by atoms with Crippen LogP contribution < -0.4 is 14.8 Å². The summed E-state index contributed by atoms with van der Waals surface area (Å²) in [5, 5.41) is 2.96. The van der Waals surface area contributed by atoms with E-state index in [0.717, 1.165) is 51.4 Å². The van der Waals surface area contributed by atoms with Crippen LogP contribution in [0.25, 0.3) is 0 Å². The molecule has 0 saturated carbocycles. The van der Waals surface area contributed by atoms with Gasteiger partial charge in [-0.25, -0.2) is 0 Å². The Kier molecular flexibility index (Phi) is 8.53. The van der Waals surface area contributed by atoms with Gasteiger partial charge in [-0.3, -0.25) is 9.69 Å². The van der Waals surface area contributed by atoms with Crippen molar-refractivity contribution >= 4 is 11.6 Å². The molecule has 3 rings (SSSR count). The van der Waals surface area contributed by atoms with Crippen molar-refractivity contribution in [3.63, 3.8) is 0 Å². The highest BCUT2D eigenvalue weighted by atomic mass is 16.5. The van der Waals surface area contributed by atoms with Gasteiger partial charge < -0.3 is 19.5 Å². The van der Waals surface area contributed by atoms with E-state index in [1.165, 1.54) is 5.56 Å². The van der Waals surface area contributed by atoms with Crippen LogP contribution in [0.5, 0.6) is 11.5 Å². The number of unbranched alkanes of at least 4 members (excludes halogenated alkanes) is 1. The van der Waals surface area contributed by atoms with Gasteiger partial charge in [0, 0.05) is 30.9 Å². The first kappa shape index (κ1) is 22.1. The van der Waals surface area contributed by atoms with Gasteiger partial charge in [0.1, 0.15) is 0 Å². The molecule has 1 N–H and O–H groups in total. The molecule has 0 unspecified atom stereocenters. The maximum Gasteiger partial charge on any atom is 0.255 e. The molecule has 0 radical (unpaired) electrons. The number of anilines is 1. The van der Waals surface area contributed by atoms with E-state index >= 15 is 0 Å². The molecule has 2 aromatic rings. The minimum absolute atomic E-state index is 0.169. The number of hydrogen-bond donors (Lipinski definition) is 1. The zero-order valence-corrected chi connectivity index (χ0v) is 18.0. The van der Waals surface area contributed by atoms with Gasteiger partial charge in [0.25, 0.3) is 5.91 Å². The largest absolute Gasteiger partial charge is 0.490 e.